The second kappa shape index (κ2) is 4.93. The van der Waals surface area contributed by atoms with Gasteiger partial charge in [0.05, 0.1) is 11.0 Å². The number of rotatable bonds is 3. The quantitative estimate of drug-likeness (QED) is 0.664. The van der Waals surface area contributed by atoms with Gasteiger partial charge in [-0.1, -0.05) is 0 Å². The predicted molar refractivity (Wildman–Crippen MR) is 66.7 cm³/mol. The largest absolute Gasteiger partial charge is 0.454 e. The zero-order valence-corrected chi connectivity index (χ0v) is 10.3. The molecule has 0 atom stereocenters. The monoisotopic (exact) mass is 266 g/mol. The molecular weight excluding hydrogens is 252 g/mol. The molecule has 0 aromatic heterocycles. The van der Waals surface area contributed by atoms with Gasteiger partial charge < -0.3 is 19.5 Å². The molecule has 1 aromatic rings. The third kappa shape index (κ3) is 2.41. The summed E-state index contributed by atoms with van der Waals surface area (Å²) in [5.41, 5.74) is 0.483. The third-order valence-corrected chi connectivity index (χ3v) is 3.27. The van der Waals surface area contributed by atoms with Crippen LogP contribution in [-0.2, 0) is 4.74 Å². The molecule has 0 bridgehead atoms. The fourth-order valence-corrected chi connectivity index (χ4v) is 2.26. The molecule has 1 N–H and O–H groups in total. The van der Waals surface area contributed by atoms with E-state index in [0.717, 1.165) is 12.8 Å². The maximum absolute atomic E-state index is 11.1. The Kier molecular flexibility index (Phi) is 3.12. The van der Waals surface area contributed by atoms with Gasteiger partial charge in [0.15, 0.2) is 11.5 Å². The van der Waals surface area contributed by atoms with Crippen LogP contribution in [0.25, 0.3) is 0 Å². The highest BCUT2D eigenvalue weighted by Crippen LogP contribution is 2.41. The Hall–Kier alpha value is -2.02. The minimum absolute atomic E-state index is 0.00995. The number of hydrogen-bond donors (Lipinski definition) is 1. The number of ether oxygens (including phenoxy) is 3. The van der Waals surface area contributed by atoms with E-state index in [1.54, 1.807) is 6.07 Å². The lowest BCUT2D eigenvalue weighted by Crippen LogP contribution is -2.28. The van der Waals surface area contributed by atoms with Gasteiger partial charge in [0, 0.05) is 25.3 Å². The molecule has 0 radical (unpaired) electrons. The van der Waals surface area contributed by atoms with E-state index in [1.807, 2.05) is 0 Å². The van der Waals surface area contributed by atoms with Gasteiger partial charge in [-0.05, 0) is 12.8 Å². The van der Waals surface area contributed by atoms with E-state index >= 15 is 0 Å². The number of nitrogens with zero attached hydrogens (tertiary/aromatic N) is 1. The van der Waals surface area contributed by atoms with E-state index in [4.69, 9.17) is 14.2 Å². The van der Waals surface area contributed by atoms with Crippen molar-refractivity contribution >= 4 is 11.4 Å². The second-order valence-electron chi connectivity index (χ2n) is 4.51. The third-order valence-electron chi connectivity index (χ3n) is 3.27. The first-order chi connectivity index (χ1) is 9.24. The highest BCUT2D eigenvalue weighted by atomic mass is 16.7. The Morgan fingerprint density at radius 2 is 1.89 bits per heavy atom. The van der Waals surface area contributed by atoms with E-state index < -0.39 is 4.92 Å². The van der Waals surface area contributed by atoms with Crippen LogP contribution in [-0.4, -0.2) is 31.0 Å². The highest BCUT2D eigenvalue weighted by Gasteiger charge is 2.25. The Morgan fingerprint density at radius 3 is 2.58 bits per heavy atom. The number of nitrogens with one attached hydrogen (secondary N) is 1. The fraction of sp³-hybridized carbons (Fsp3) is 0.500. The zero-order chi connectivity index (χ0) is 13.2. The highest BCUT2D eigenvalue weighted by molar-refractivity contribution is 5.69. The first-order valence-corrected chi connectivity index (χ1v) is 6.16. The van der Waals surface area contributed by atoms with Crippen LogP contribution in [0.2, 0.25) is 0 Å². The van der Waals surface area contributed by atoms with Crippen molar-refractivity contribution in [2.45, 2.75) is 18.9 Å². The Balaban J connectivity index is 1.87. The smallest absolute Gasteiger partial charge is 0.296 e. The van der Waals surface area contributed by atoms with Crippen LogP contribution in [0.5, 0.6) is 11.5 Å². The van der Waals surface area contributed by atoms with Gasteiger partial charge in [-0.15, -0.1) is 0 Å². The summed E-state index contributed by atoms with van der Waals surface area (Å²) < 4.78 is 15.7. The summed E-state index contributed by atoms with van der Waals surface area (Å²) in [6.07, 6.45) is 1.68. The summed E-state index contributed by atoms with van der Waals surface area (Å²) in [6.45, 7) is 1.46. The summed E-state index contributed by atoms with van der Waals surface area (Å²) in [5.74, 6) is 0.962. The van der Waals surface area contributed by atoms with Gasteiger partial charge >= 0.3 is 0 Å². The topological polar surface area (TPSA) is 82.9 Å². The summed E-state index contributed by atoms with van der Waals surface area (Å²) >= 11 is 0. The van der Waals surface area contributed by atoms with Crippen molar-refractivity contribution in [3.63, 3.8) is 0 Å². The van der Waals surface area contributed by atoms with Crippen molar-refractivity contribution in [2.24, 2.45) is 0 Å². The molecule has 0 spiro atoms. The molecule has 3 rings (SSSR count). The van der Waals surface area contributed by atoms with Crippen LogP contribution in [0.3, 0.4) is 0 Å². The van der Waals surface area contributed by atoms with E-state index in [1.165, 1.54) is 6.07 Å². The molecule has 102 valence electrons. The summed E-state index contributed by atoms with van der Waals surface area (Å²) in [4.78, 5) is 10.7. The van der Waals surface area contributed by atoms with Crippen molar-refractivity contribution in [3.8, 4) is 11.5 Å². The predicted octanol–water partition coefficient (Wildman–Crippen LogP) is 1.91. The summed E-state index contributed by atoms with van der Waals surface area (Å²) in [6, 6.07) is 3.23. The van der Waals surface area contributed by atoms with Crippen molar-refractivity contribution in [1.82, 2.24) is 0 Å². The van der Waals surface area contributed by atoms with Gasteiger partial charge in [0.25, 0.3) is 5.69 Å². The SMILES string of the molecule is O=[N+]([O-])c1cc2c(cc1NC1CCOCC1)OCO2. The Labute approximate surface area is 109 Å². The van der Waals surface area contributed by atoms with Gasteiger partial charge in [-0.25, -0.2) is 0 Å². The van der Waals surface area contributed by atoms with Gasteiger partial charge in [-0.2, -0.15) is 0 Å². The second-order valence-corrected chi connectivity index (χ2v) is 4.51. The molecule has 2 aliphatic rings. The van der Waals surface area contributed by atoms with E-state index in [2.05, 4.69) is 5.32 Å². The molecule has 1 aromatic carbocycles. The maximum Gasteiger partial charge on any atom is 0.296 e. The van der Waals surface area contributed by atoms with E-state index in [-0.39, 0.29) is 18.5 Å². The number of nitro benzene ring substituents is 1. The molecule has 19 heavy (non-hydrogen) atoms. The normalized spacial score (nSPS) is 18.3. The van der Waals surface area contributed by atoms with Crippen molar-refractivity contribution < 1.29 is 19.1 Å². The molecule has 1 saturated heterocycles. The first kappa shape index (κ1) is 12.0. The van der Waals surface area contributed by atoms with Crippen molar-refractivity contribution in [2.75, 3.05) is 25.3 Å². The lowest BCUT2D eigenvalue weighted by Gasteiger charge is -2.24. The molecule has 2 heterocycles. The Morgan fingerprint density at radius 1 is 1.21 bits per heavy atom. The molecule has 7 heteroatoms. The van der Waals surface area contributed by atoms with Crippen LogP contribution in [0.15, 0.2) is 12.1 Å². The average Bonchev–Trinajstić information content (AvgIpc) is 2.86. The van der Waals surface area contributed by atoms with Crippen LogP contribution in [0.4, 0.5) is 11.4 Å². The standard InChI is InChI=1S/C12H14N2O5/c15-14(16)10-6-12-11(18-7-19-12)5-9(10)13-8-1-3-17-4-2-8/h5-6,8,13H,1-4,7H2. The van der Waals surface area contributed by atoms with Gasteiger partial charge in [0.1, 0.15) is 5.69 Å². The number of hydrogen-bond acceptors (Lipinski definition) is 6. The molecule has 1 fully saturated rings. The molecular formula is C12H14N2O5. The van der Waals surface area contributed by atoms with Crippen LogP contribution >= 0.6 is 0 Å². The average molecular weight is 266 g/mol. The molecule has 0 amide bonds. The summed E-state index contributed by atoms with van der Waals surface area (Å²) in [5, 5.41) is 14.3. The van der Waals surface area contributed by atoms with Crippen LogP contribution < -0.4 is 14.8 Å². The first-order valence-electron chi connectivity index (χ1n) is 6.16. The van der Waals surface area contributed by atoms with Gasteiger partial charge in [0.2, 0.25) is 6.79 Å². The van der Waals surface area contributed by atoms with Crippen LogP contribution in [0.1, 0.15) is 12.8 Å². The number of nitro groups is 1. The number of fused-ring (bicyclic) bond motifs is 1. The van der Waals surface area contributed by atoms with E-state index in [0.29, 0.717) is 30.4 Å². The summed E-state index contributed by atoms with van der Waals surface area (Å²) in [7, 11) is 0. The molecule has 7 nitrogen and oxygen atoms in total. The van der Waals surface area contributed by atoms with Crippen LogP contribution in [0, 0.1) is 10.1 Å². The van der Waals surface area contributed by atoms with Crippen molar-refractivity contribution in [3.05, 3.63) is 22.2 Å². The fourth-order valence-electron chi connectivity index (χ4n) is 2.26. The lowest BCUT2D eigenvalue weighted by molar-refractivity contribution is -0.384. The van der Waals surface area contributed by atoms with Gasteiger partial charge in [-0.3, -0.25) is 10.1 Å². The zero-order valence-electron chi connectivity index (χ0n) is 10.3. The number of anilines is 1. The number of benzene rings is 1. The minimum atomic E-state index is -0.413. The molecule has 0 saturated carbocycles. The minimum Gasteiger partial charge on any atom is -0.454 e. The molecule has 2 aliphatic heterocycles. The van der Waals surface area contributed by atoms with E-state index in [9.17, 15) is 10.1 Å². The molecule has 0 aliphatic carbocycles. The van der Waals surface area contributed by atoms with Crippen molar-refractivity contribution in [1.29, 1.82) is 0 Å². The molecule has 0 unspecified atom stereocenters. The lowest BCUT2D eigenvalue weighted by atomic mass is 10.1. The maximum atomic E-state index is 11.1. The Bertz CT molecular complexity index is 499.